The second kappa shape index (κ2) is 6.86. The van der Waals surface area contributed by atoms with Gasteiger partial charge in [-0.3, -0.25) is 4.79 Å². The summed E-state index contributed by atoms with van der Waals surface area (Å²) >= 11 is 0. The summed E-state index contributed by atoms with van der Waals surface area (Å²) in [4.78, 5) is 15.2. The van der Waals surface area contributed by atoms with Crippen LogP contribution in [0.2, 0.25) is 0 Å². The molecule has 13 heavy (non-hydrogen) atoms. The maximum Gasteiger partial charge on any atom is 0.236 e. The molecule has 4 heteroatoms. The topological polar surface area (TPSA) is 35.6 Å². The monoisotopic (exact) mass is 187 g/mol. The van der Waals surface area contributed by atoms with Gasteiger partial charge in [-0.2, -0.15) is 0 Å². The van der Waals surface area contributed by atoms with Gasteiger partial charge in [-0.05, 0) is 20.6 Å². The summed E-state index contributed by atoms with van der Waals surface area (Å²) in [5.41, 5.74) is 0. The summed E-state index contributed by atoms with van der Waals surface area (Å²) in [5, 5.41) is 3.01. The molecule has 0 atom stereocenters. The molecule has 0 heterocycles. The Hall–Kier alpha value is -0.610. The number of carbonyl (C=O) groups is 1. The first-order chi connectivity index (χ1) is 6.07. The van der Waals surface area contributed by atoms with Gasteiger partial charge in [-0.15, -0.1) is 0 Å². The van der Waals surface area contributed by atoms with Crippen LogP contribution in [0.5, 0.6) is 0 Å². The smallest absolute Gasteiger partial charge is 0.236 e. The SMILES string of the molecule is CCNCC(=O)N(C)CCN(C)C. The number of hydrogen-bond acceptors (Lipinski definition) is 3. The first kappa shape index (κ1) is 12.4. The minimum atomic E-state index is 0.156. The number of amides is 1. The Bertz CT molecular complexity index is 148. The van der Waals surface area contributed by atoms with Crippen molar-refractivity contribution in [1.29, 1.82) is 0 Å². The van der Waals surface area contributed by atoms with E-state index in [0.29, 0.717) is 6.54 Å². The maximum atomic E-state index is 11.4. The molecule has 0 saturated carbocycles. The highest BCUT2D eigenvalue weighted by atomic mass is 16.2. The van der Waals surface area contributed by atoms with Crippen molar-refractivity contribution >= 4 is 5.91 Å². The van der Waals surface area contributed by atoms with E-state index in [2.05, 4.69) is 10.2 Å². The molecule has 0 radical (unpaired) electrons. The van der Waals surface area contributed by atoms with Crippen LogP contribution in [0.15, 0.2) is 0 Å². The van der Waals surface area contributed by atoms with Crippen molar-refractivity contribution < 1.29 is 4.79 Å². The molecule has 0 unspecified atom stereocenters. The molecule has 0 bridgehead atoms. The first-order valence-corrected chi connectivity index (χ1v) is 4.67. The molecule has 1 N–H and O–H groups in total. The largest absolute Gasteiger partial charge is 0.343 e. The molecule has 0 aliphatic heterocycles. The third-order valence-electron chi connectivity index (χ3n) is 1.83. The van der Waals surface area contributed by atoms with E-state index in [0.717, 1.165) is 19.6 Å². The van der Waals surface area contributed by atoms with Crippen LogP contribution in [0.3, 0.4) is 0 Å². The minimum absolute atomic E-state index is 0.156. The van der Waals surface area contributed by atoms with Gasteiger partial charge in [0.2, 0.25) is 5.91 Å². The molecule has 0 aliphatic rings. The van der Waals surface area contributed by atoms with Crippen molar-refractivity contribution in [2.24, 2.45) is 0 Å². The van der Waals surface area contributed by atoms with Crippen LogP contribution >= 0.6 is 0 Å². The van der Waals surface area contributed by atoms with Crippen molar-refractivity contribution in [2.75, 3.05) is 47.3 Å². The van der Waals surface area contributed by atoms with Crippen molar-refractivity contribution in [2.45, 2.75) is 6.92 Å². The van der Waals surface area contributed by atoms with Crippen molar-refractivity contribution in [1.82, 2.24) is 15.1 Å². The van der Waals surface area contributed by atoms with Gasteiger partial charge in [0.15, 0.2) is 0 Å². The molecule has 0 saturated heterocycles. The van der Waals surface area contributed by atoms with Crippen LogP contribution in [0.1, 0.15) is 6.92 Å². The zero-order valence-electron chi connectivity index (χ0n) is 9.13. The fraction of sp³-hybridized carbons (Fsp3) is 0.889. The Morgan fingerprint density at radius 3 is 2.31 bits per heavy atom. The third-order valence-corrected chi connectivity index (χ3v) is 1.83. The molecule has 0 aromatic heterocycles. The normalized spacial score (nSPS) is 10.5. The number of hydrogen-bond donors (Lipinski definition) is 1. The lowest BCUT2D eigenvalue weighted by atomic mass is 10.4. The second-order valence-electron chi connectivity index (χ2n) is 3.40. The van der Waals surface area contributed by atoms with Gasteiger partial charge in [0.1, 0.15) is 0 Å². The highest BCUT2D eigenvalue weighted by molar-refractivity contribution is 5.77. The molecule has 78 valence electrons. The van der Waals surface area contributed by atoms with Crippen LogP contribution in [-0.2, 0) is 4.79 Å². The molecule has 1 amide bonds. The summed E-state index contributed by atoms with van der Waals surface area (Å²) in [6.45, 7) is 4.98. The van der Waals surface area contributed by atoms with E-state index in [-0.39, 0.29) is 5.91 Å². The van der Waals surface area contributed by atoms with E-state index in [1.165, 1.54) is 0 Å². The maximum absolute atomic E-state index is 11.4. The summed E-state index contributed by atoms with van der Waals surface area (Å²) in [6, 6.07) is 0. The minimum Gasteiger partial charge on any atom is -0.343 e. The fourth-order valence-electron chi connectivity index (χ4n) is 0.842. The van der Waals surface area contributed by atoms with Crippen LogP contribution in [0.4, 0.5) is 0 Å². The third kappa shape index (κ3) is 6.54. The zero-order valence-corrected chi connectivity index (χ0v) is 9.13. The average molecular weight is 187 g/mol. The lowest BCUT2D eigenvalue weighted by Gasteiger charge is -2.19. The zero-order chi connectivity index (χ0) is 10.3. The Labute approximate surface area is 80.9 Å². The van der Waals surface area contributed by atoms with E-state index < -0.39 is 0 Å². The van der Waals surface area contributed by atoms with Crippen molar-refractivity contribution in [3.05, 3.63) is 0 Å². The Balaban J connectivity index is 3.57. The number of nitrogens with one attached hydrogen (secondary N) is 1. The fourth-order valence-corrected chi connectivity index (χ4v) is 0.842. The predicted molar refractivity (Wildman–Crippen MR) is 54.7 cm³/mol. The average Bonchev–Trinajstić information content (AvgIpc) is 2.10. The molecule has 0 aromatic carbocycles. The van der Waals surface area contributed by atoms with E-state index in [1.807, 2.05) is 28.1 Å². The summed E-state index contributed by atoms with van der Waals surface area (Å²) in [6.07, 6.45) is 0. The summed E-state index contributed by atoms with van der Waals surface area (Å²) < 4.78 is 0. The summed E-state index contributed by atoms with van der Waals surface area (Å²) in [5.74, 6) is 0.156. The van der Waals surface area contributed by atoms with Gasteiger partial charge < -0.3 is 15.1 Å². The van der Waals surface area contributed by atoms with Gasteiger partial charge in [0, 0.05) is 20.1 Å². The summed E-state index contributed by atoms with van der Waals surface area (Å²) in [7, 11) is 5.84. The van der Waals surface area contributed by atoms with Gasteiger partial charge in [-0.1, -0.05) is 6.92 Å². The van der Waals surface area contributed by atoms with Crippen molar-refractivity contribution in [3.63, 3.8) is 0 Å². The Morgan fingerprint density at radius 2 is 1.85 bits per heavy atom. The number of likely N-dealkylation sites (N-methyl/N-ethyl adjacent to an activating group) is 3. The highest BCUT2D eigenvalue weighted by Gasteiger charge is 2.06. The Kier molecular flexibility index (Phi) is 6.54. The van der Waals surface area contributed by atoms with Crippen LogP contribution in [-0.4, -0.2) is 63.0 Å². The second-order valence-corrected chi connectivity index (χ2v) is 3.40. The van der Waals surface area contributed by atoms with Gasteiger partial charge in [0.25, 0.3) is 0 Å². The van der Waals surface area contributed by atoms with Crippen LogP contribution < -0.4 is 5.32 Å². The van der Waals surface area contributed by atoms with E-state index in [1.54, 1.807) is 4.90 Å². The number of rotatable bonds is 6. The lowest BCUT2D eigenvalue weighted by molar-refractivity contribution is -0.129. The molecule has 0 aromatic rings. The molecule has 0 aliphatic carbocycles. The van der Waals surface area contributed by atoms with Gasteiger partial charge in [-0.25, -0.2) is 0 Å². The molecule has 0 fully saturated rings. The van der Waals surface area contributed by atoms with Crippen molar-refractivity contribution in [3.8, 4) is 0 Å². The first-order valence-electron chi connectivity index (χ1n) is 4.67. The number of carbonyl (C=O) groups excluding carboxylic acids is 1. The number of nitrogens with zero attached hydrogens (tertiary/aromatic N) is 2. The van der Waals surface area contributed by atoms with Gasteiger partial charge >= 0.3 is 0 Å². The van der Waals surface area contributed by atoms with Gasteiger partial charge in [0.05, 0.1) is 6.54 Å². The van der Waals surface area contributed by atoms with Crippen LogP contribution in [0, 0.1) is 0 Å². The Morgan fingerprint density at radius 1 is 1.23 bits per heavy atom. The molecule has 0 spiro atoms. The molecular weight excluding hydrogens is 166 g/mol. The molecular formula is C9H21N3O. The van der Waals surface area contributed by atoms with E-state index in [4.69, 9.17) is 0 Å². The van der Waals surface area contributed by atoms with E-state index >= 15 is 0 Å². The lowest BCUT2D eigenvalue weighted by Crippen LogP contribution is -2.38. The highest BCUT2D eigenvalue weighted by Crippen LogP contribution is 1.84. The molecule has 0 rings (SSSR count). The van der Waals surface area contributed by atoms with E-state index in [9.17, 15) is 4.79 Å². The molecule has 4 nitrogen and oxygen atoms in total. The quantitative estimate of drug-likeness (QED) is 0.615. The predicted octanol–water partition coefficient (Wildman–Crippen LogP) is -0.384. The van der Waals surface area contributed by atoms with Crippen LogP contribution in [0.25, 0.3) is 0 Å². The standard InChI is InChI=1S/C9H21N3O/c1-5-10-8-9(13)12(4)7-6-11(2)3/h10H,5-8H2,1-4H3.